The lowest BCUT2D eigenvalue weighted by molar-refractivity contribution is 0.0703. The first-order chi connectivity index (χ1) is 12.7. The molecule has 0 aliphatic carbocycles. The second-order valence-electron chi connectivity index (χ2n) is 6.50. The molecule has 0 spiro atoms. The van der Waals surface area contributed by atoms with Gasteiger partial charge in [0.15, 0.2) is 5.89 Å². The Morgan fingerprint density at radius 1 is 1.31 bits per heavy atom. The summed E-state index contributed by atoms with van der Waals surface area (Å²) < 4.78 is 19.7. The summed E-state index contributed by atoms with van der Waals surface area (Å²) >= 11 is 1.46. The molecule has 3 heterocycles. The number of hydrogen-bond acceptors (Lipinski definition) is 4. The lowest BCUT2D eigenvalue weighted by atomic mass is 9.98. The van der Waals surface area contributed by atoms with Gasteiger partial charge in [-0.1, -0.05) is 24.3 Å². The molecule has 0 N–H and O–H groups in total. The second kappa shape index (κ2) is 7.41. The van der Waals surface area contributed by atoms with Gasteiger partial charge in [0.25, 0.3) is 5.91 Å². The summed E-state index contributed by atoms with van der Waals surface area (Å²) in [6, 6.07) is 10.4. The molecule has 2 aromatic heterocycles. The zero-order chi connectivity index (χ0) is 17.9. The molecule has 1 amide bonds. The molecule has 1 saturated heterocycles. The van der Waals surface area contributed by atoms with E-state index in [1.165, 1.54) is 17.4 Å². The quantitative estimate of drug-likeness (QED) is 0.680. The average molecular weight is 370 g/mol. The summed E-state index contributed by atoms with van der Waals surface area (Å²) in [7, 11) is 0. The maximum Gasteiger partial charge on any atom is 0.263 e. The summed E-state index contributed by atoms with van der Waals surface area (Å²) in [6.07, 6.45) is 3.91. The van der Waals surface area contributed by atoms with Crippen LogP contribution < -0.4 is 0 Å². The number of amides is 1. The summed E-state index contributed by atoms with van der Waals surface area (Å²) in [6.45, 7) is 1.37. The Morgan fingerprint density at radius 3 is 3.00 bits per heavy atom. The Labute approximate surface area is 155 Å². The Bertz CT molecular complexity index is 891. The molecule has 6 heteroatoms. The van der Waals surface area contributed by atoms with Crippen LogP contribution in [-0.2, 0) is 6.42 Å². The Hall–Kier alpha value is -2.47. The van der Waals surface area contributed by atoms with Crippen LogP contribution in [0.25, 0.3) is 0 Å². The van der Waals surface area contributed by atoms with Crippen LogP contribution in [-0.4, -0.2) is 28.9 Å². The normalized spacial score (nSPS) is 17.4. The number of carbonyl (C=O) groups is 1. The molecule has 1 fully saturated rings. The smallest absolute Gasteiger partial charge is 0.263 e. The molecular formula is C20H19FN2O2S. The Balaban J connectivity index is 1.45. The van der Waals surface area contributed by atoms with Crippen LogP contribution in [0.3, 0.4) is 0 Å². The Kier molecular flexibility index (Phi) is 4.84. The molecule has 0 radical (unpaired) electrons. The van der Waals surface area contributed by atoms with Crippen LogP contribution in [0.2, 0.25) is 0 Å². The molecule has 1 unspecified atom stereocenters. The number of benzene rings is 1. The highest BCUT2D eigenvalue weighted by Gasteiger charge is 2.28. The first kappa shape index (κ1) is 17.0. The monoisotopic (exact) mass is 370 g/mol. The number of piperidine rings is 1. The molecule has 0 bridgehead atoms. The van der Waals surface area contributed by atoms with Gasteiger partial charge in [-0.15, -0.1) is 11.3 Å². The maximum absolute atomic E-state index is 13.8. The van der Waals surface area contributed by atoms with Gasteiger partial charge in [0.05, 0.1) is 17.0 Å². The fourth-order valence-corrected chi connectivity index (χ4v) is 4.03. The number of halogens is 1. The third-order valence-electron chi connectivity index (χ3n) is 4.68. The van der Waals surface area contributed by atoms with E-state index in [0.717, 1.165) is 24.3 Å². The number of likely N-dealkylation sites (tertiary alicyclic amines) is 1. The van der Waals surface area contributed by atoms with Gasteiger partial charge in [-0.05, 0) is 35.9 Å². The van der Waals surface area contributed by atoms with Crippen molar-refractivity contribution in [2.45, 2.75) is 25.2 Å². The molecule has 4 rings (SSSR count). The van der Waals surface area contributed by atoms with Gasteiger partial charge in [-0.3, -0.25) is 4.79 Å². The van der Waals surface area contributed by atoms with Gasteiger partial charge in [-0.2, -0.15) is 0 Å². The largest absolute Gasteiger partial charge is 0.445 e. The highest BCUT2D eigenvalue weighted by Crippen LogP contribution is 2.28. The number of thiophene rings is 1. The van der Waals surface area contributed by atoms with Crippen LogP contribution in [0.5, 0.6) is 0 Å². The molecule has 1 aliphatic rings. The minimum Gasteiger partial charge on any atom is -0.445 e. The van der Waals surface area contributed by atoms with Crippen molar-refractivity contribution in [3.63, 3.8) is 0 Å². The van der Waals surface area contributed by atoms with Crippen molar-refractivity contribution in [2.75, 3.05) is 13.1 Å². The van der Waals surface area contributed by atoms with Crippen LogP contribution >= 0.6 is 11.3 Å². The van der Waals surface area contributed by atoms with Crippen LogP contribution in [0, 0.1) is 5.82 Å². The van der Waals surface area contributed by atoms with E-state index >= 15 is 0 Å². The minimum absolute atomic E-state index is 0.0721. The third kappa shape index (κ3) is 3.55. The van der Waals surface area contributed by atoms with E-state index < -0.39 is 0 Å². The van der Waals surface area contributed by atoms with Crippen molar-refractivity contribution in [1.29, 1.82) is 0 Å². The first-order valence-electron chi connectivity index (χ1n) is 8.71. The van der Waals surface area contributed by atoms with E-state index in [9.17, 15) is 9.18 Å². The van der Waals surface area contributed by atoms with Crippen molar-refractivity contribution in [1.82, 2.24) is 9.88 Å². The molecule has 26 heavy (non-hydrogen) atoms. The van der Waals surface area contributed by atoms with E-state index in [1.807, 2.05) is 28.5 Å². The summed E-state index contributed by atoms with van der Waals surface area (Å²) in [5.41, 5.74) is 0.591. The van der Waals surface area contributed by atoms with Crippen LogP contribution in [0.1, 0.15) is 45.6 Å². The zero-order valence-electron chi connectivity index (χ0n) is 14.2. The fourth-order valence-electron chi connectivity index (χ4n) is 3.34. The van der Waals surface area contributed by atoms with Crippen molar-refractivity contribution >= 4 is 17.2 Å². The van der Waals surface area contributed by atoms with Gasteiger partial charge in [-0.25, -0.2) is 9.37 Å². The van der Waals surface area contributed by atoms with Crippen molar-refractivity contribution in [3.8, 4) is 0 Å². The van der Waals surface area contributed by atoms with Gasteiger partial charge in [0, 0.05) is 19.5 Å². The van der Waals surface area contributed by atoms with Crippen LogP contribution in [0.15, 0.2) is 52.4 Å². The summed E-state index contributed by atoms with van der Waals surface area (Å²) in [4.78, 5) is 19.6. The molecule has 134 valence electrons. The van der Waals surface area contributed by atoms with Gasteiger partial charge >= 0.3 is 0 Å². The van der Waals surface area contributed by atoms with Crippen molar-refractivity contribution in [2.24, 2.45) is 0 Å². The predicted octanol–water partition coefficient (Wildman–Crippen LogP) is 4.49. The van der Waals surface area contributed by atoms with E-state index in [2.05, 4.69) is 4.98 Å². The highest BCUT2D eigenvalue weighted by atomic mass is 32.1. The molecule has 1 aromatic carbocycles. The summed E-state index contributed by atoms with van der Waals surface area (Å²) in [5, 5.41) is 1.91. The molecule has 0 saturated carbocycles. The van der Waals surface area contributed by atoms with Crippen LogP contribution in [0.4, 0.5) is 4.39 Å². The lowest BCUT2D eigenvalue weighted by Gasteiger charge is -2.31. The topological polar surface area (TPSA) is 46.3 Å². The lowest BCUT2D eigenvalue weighted by Crippen LogP contribution is -2.38. The number of nitrogens with zero attached hydrogens (tertiary/aromatic N) is 2. The molecule has 3 aromatic rings. The van der Waals surface area contributed by atoms with E-state index in [0.29, 0.717) is 30.2 Å². The number of aromatic nitrogens is 1. The van der Waals surface area contributed by atoms with Gasteiger partial charge in [0.1, 0.15) is 11.6 Å². The standard InChI is InChI=1S/C20H19FN2O2S/c21-17-7-2-1-5-14(17)11-16-12-22-19(25-16)15-6-3-9-23(13-15)20(24)18-8-4-10-26-18/h1-2,4-5,7-8,10,12,15H,3,6,9,11,13H2. The zero-order valence-corrected chi connectivity index (χ0v) is 15.0. The number of rotatable bonds is 4. The third-order valence-corrected chi connectivity index (χ3v) is 5.54. The SMILES string of the molecule is O=C(c1cccs1)N1CCCC(c2ncc(Cc3ccccc3F)o2)C1. The Morgan fingerprint density at radius 2 is 2.19 bits per heavy atom. The van der Waals surface area contributed by atoms with E-state index in [4.69, 9.17) is 4.42 Å². The molecular weight excluding hydrogens is 351 g/mol. The van der Waals surface area contributed by atoms with Crippen molar-refractivity contribution in [3.05, 3.63) is 75.9 Å². The second-order valence-corrected chi connectivity index (χ2v) is 7.45. The van der Waals surface area contributed by atoms with Gasteiger partial charge < -0.3 is 9.32 Å². The number of hydrogen-bond donors (Lipinski definition) is 0. The average Bonchev–Trinajstić information content (AvgIpc) is 3.35. The maximum atomic E-state index is 13.8. The van der Waals surface area contributed by atoms with E-state index in [1.54, 1.807) is 18.3 Å². The molecule has 1 atom stereocenters. The fraction of sp³-hybridized carbons (Fsp3) is 0.300. The predicted molar refractivity (Wildman–Crippen MR) is 97.9 cm³/mol. The molecule has 1 aliphatic heterocycles. The number of oxazole rings is 1. The van der Waals surface area contributed by atoms with Crippen molar-refractivity contribution < 1.29 is 13.6 Å². The first-order valence-corrected chi connectivity index (χ1v) is 9.59. The summed E-state index contributed by atoms with van der Waals surface area (Å²) in [5.74, 6) is 1.20. The number of carbonyl (C=O) groups excluding carboxylic acids is 1. The van der Waals surface area contributed by atoms with E-state index in [-0.39, 0.29) is 17.6 Å². The minimum atomic E-state index is -0.240. The van der Waals surface area contributed by atoms with Gasteiger partial charge in [0.2, 0.25) is 0 Å². The highest BCUT2D eigenvalue weighted by molar-refractivity contribution is 7.12. The molecule has 4 nitrogen and oxygen atoms in total.